The van der Waals surface area contributed by atoms with Gasteiger partial charge in [-0.15, -0.1) is 0 Å². The van der Waals surface area contributed by atoms with Crippen molar-refractivity contribution in [3.05, 3.63) is 178 Å². The lowest BCUT2D eigenvalue weighted by Crippen LogP contribution is -2.37. The summed E-state index contributed by atoms with van der Waals surface area (Å²) in [6, 6.07) is 33.6. The van der Waals surface area contributed by atoms with Gasteiger partial charge in [-0.3, -0.25) is 39.3 Å². The third-order valence-electron chi connectivity index (χ3n) is 15.6. The Morgan fingerprint density at radius 3 is 1.40 bits per heavy atom. The highest BCUT2D eigenvalue weighted by Crippen LogP contribution is 2.36. The molecule has 442 valence electrons. The van der Waals surface area contributed by atoms with Gasteiger partial charge in [-0.1, -0.05) is 60.7 Å². The molecule has 84 heavy (non-hydrogen) atoms. The Bertz CT molecular complexity index is 3480. The number of esters is 1. The van der Waals surface area contributed by atoms with Crippen molar-refractivity contribution in [2.75, 3.05) is 99.1 Å². The van der Waals surface area contributed by atoms with Gasteiger partial charge in [0, 0.05) is 101 Å². The zero-order valence-corrected chi connectivity index (χ0v) is 49.2. The first-order chi connectivity index (χ1) is 40.5. The van der Waals surface area contributed by atoms with Crippen LogP contribution in [0.1, 0.15) is 68.7 Å². The number of carbonyl (C=O) groups excluding carboxylic acids is 1. The third-order valence-corrected chi connectivity index (χ3v) is 15.6. The first-order valence-corrected chi connectivity index (χ1v) is 28.9. The molecule has 4 aromatic heterocycles. The van der Waals surface area contributed by atoms with Crippen molar-refractivity contribution in [1.82, 2.24) is 40.4 Å². The van der Waals surface area contributed by atoms with Crippen molar-refractivity contribution in [2.24, 2.45) is 0 Å². The summed E-state index contributed by atoms with van der Waals surface area (Å²) < 4.78 is 28.1. The highest BCUT2D eigenvalue weighted by atomic mass is 16.5. The van der Waals surface area contributed by atoms with Crippen LogP contribution < -0.4 is 20.1 Å². The molecule has 10 rings (SSSR count). The lowest BCUT2D eigenvalue weighted by molar-refractivity contribution is -0.139. The van der Waals surface area contributed by atoms with Crippen LogP contribution in [0.3, 0.4) is 0 Å². The van der Waals surface area contributed by atoms with Crippen LogP contribution >= 0.6 is 0 Å². The predicted octanol–water partition coefficient (Wildman–Crippen LogP) is 8.82. The number of rotatable bonds is 24. The van der Waals surface area contributed by atoms with Gasteiger partial charge in [0.25, 0.3) is 0 Å². The molecule has 0 bridgehead atoms. The van der Waals surface area contributed by atoms with Crippen LogP contribution in [0.25, 0.3) is 44.1 Å². The van der Waals surface area contributed by atoms with Crippen LogP contribution in [0.2, 0.25) is 0 Å². The van der Waals surface area contributed by atoms with Crippen molar-refractivity contribution >= 4 is 33.7 Å². The maximum Gasteiger partial charge on any atom is 0.319 e. The molecule has 17 heteroatoms. The number of hydrogen-bond donors (Lipinski definition) is 3. The van der Waals surface area contributed by atoms with Crippen molar-refractivity contribution in [2.45, 2.75) is 66.5 Å². The number of fused-ring (bicyclic) bond motifs is 2. The Morgan fingerprint density at radius 1 is 0.560 bits per heavy atom. The van der Waals surface area contributed by atoms with Crippen LogP contribution in [0.4, 0.5) is 0 Å². The van der Waals surface area contributed by atoms with E-state index in [1.807, 2.05) is 36.8 Å². The second-order valence-electron chi connectivity index (χ2n) is 21.2. The molecule has 5 N–H and O–H groups in total. The maximum absolute atomic E-state index is 11.4. The van der Waals surface area contributed by atoms with Crippen LogP contribution in [0, 0.1) is 27.7 Å². The molecule has 0 aliphatic carbocycles. The summed E-state index contributed by atoms with van der Waals surface area (Å²) in [6.07, 6.45) is 10.6. The topological polar surface area (TPSA) is 214 Å². The molecule has 0 radical (unpaired) electrons. The van der Waals surface area contributed by atoms with Gasteiger partial charge in [0.2, 0.25) is 0 Å². The molecule has 0 spiro atoms. The Hall–Kier alpha value is -7.74. The van der Waals surface area contributed by atoms with Gasteiger partial charge in [-0.25, -0.2) is 0 Å². The smallest absolute Gasteiger partial charge is 0.319 e. The summed E-state index contributed by atoms with van der Waals surface area (Å²) in [6.45, 7) is 20.5. The fraction of sp³-hybridized carbons (Fsp3) is 0.373. The molecular weight excluding hydrogens is 1060 g/mol. The highest BCUT2D eigenvalue weighted by Gasteiger charge is 2.18. The molecule has 2 aliphatic heterocycles. The maximum atomic E-state index is 11.4. The van der Waals surface area contributed by atoms with Crippen molar-refractivity contribution in [1.29, 1.82) is 0 Å². The number of ether oxygens (including phenoxy) is 5. The molecule has 0 saturated carbocycles. The van der Waals surface area contributed by atoms with E-state index in [0.717, 1.165) is 145 Å². The number of nitrogens with zero attached hydrogens (tertiary/aromatic N) is 6. The fourth-order valence-electron chi connectivity index (χ4n) is 10.9. The number of methoxy groups -OCH3 is 1. The van der Waals surface area contributed by atoms with Crippen LogP contribution in [-0.4, -0.2) is 151 Å². The Balaban J connectivity index is 0.000000217. The quantitative estimate of drug-likeness (QED) is 0.0381. The Morgan fingerprint density at radius 2 is 0.976 bits per heavy atom. The number of hydrogen-bond acceptors (Lipinski definition) is 15. The highest BCUT2D eigenvalue weighted by molar-refractivity contribution is 5.83. The summed E-state index contributed by atoms with van der Waals surface area (Å²) in [5, 5.41) is 16.9. The summed E-state index contributed by atoms with van der Waals surface area (Å²) in [4.78, 5) is 45.9. The van der Waals surface area contributed by atoms with Crippen molar-refractivity contribution in [3.63, 3.8) is 0 Å². The second-order valence-corrected chi connectivity index (χ2v) is 21.2. The molecule has 8 aromatic rings. The molecule has 17 nitrogen and oxygen atoms in total. The Kier molecular flexibility index (Phi) is 23.2. The number of carboxylic acids is 1. The number of carbonyl (C=O) groups is 2. The lowest BCUT2D eigenvalue weighted by Gasteiger charge is -2.26. The molecule has 2 fully saturated rings. The number of morpholine rings is 2. The zero-order valence-electron chi connectivity index (χ0n) is 49.2. The second kappa shape index (κ2) is 31.2. The molecule has 0 atom stereocenters. The number of aliphatic carboxylic acids is 1. The SMILES string of the molecule is COC(=O)CNCc1cnc2c(Cc3cccc(-c4cccc(OCCCN5CCOCC5)c4C)c3C)nccc2c1.Cc1c(Cc2nccc3cc(CNCC(=O)O)cnc23)cccc1-c1cccc(OCCCN2CCOCC2)c1C.O. The third kappa shape index (κ3) is 16.7. The largest absolute Gasteiger partial charge is 0.493 e. The van der Waals surface area contributed by atoms with Crippen LogP contribution in [0.15, 0.2) is 122 Å². The summed E-state index contributed by atoms with van der Waals surface area (Å²) in [5.41, 5.74) is 17.5. The lowest BCUT2D eigenvalue weighted by atomic mass is 9.91. The zero-order chi connectivity index (χ0) is 57.9. The molecule has 4 aromatic carbocycles. The normalized spacial score (nSPS) is 13.7. The van der Waals surface area contributed by atoms with E-state index in [4.69, 9.17) is 43.7 Å². The van der Waals surface area contributed by atoms with Crippen LogP contribution in [0.5, 0.6) is 11.5 Å². The van der Waals surface area contributed by atoms with Gasteiger partial charge >= 0.3 is 11.9 Å². The van der Waals surface area contributed by atoms with E-state index in [0.29, 0.717) is 39.1 Å². The minimum absolute atomic E-state index is 0. The van der Waals surface area contributed by atoms with Gasteiger partial charge in [0.05, 0.1) is 82.3 Å². The summed E-state index contributed by atoms with van der Waals surface area (Å²) in [7, 11) is 1.38. The number of carboxylic acid groups (broad SMARTS) is 1. The Labute approximate surface area is 493 Å². The number of pyridine rings is 4. The standard InChI is InChI=1S/C34H40N4O4.C33H38N4O4.H2O/c1-24-27(20-31-34-28(11-12-36-31)19-26(22-37-34)21-35-23-33(39)40-3)7-4-8-29(24)30-9-5-10-32(25(30)2)42-16-6-13-38-14-17-41-18-15-38;1-23-26(19-30-33-27(10-11-35-30)18-25(21-36-33)20-34-22-32(38)39)6-3-7-28(23)29-8-4-9-31(24(29)2)41-15-5-12-37-13-16-40-17-14-37;/h4-5,7-12,19,22,35H,6,13-18,20-21,23H2,1-3H3;3-4,6-11,18,21,34H,5,12-17,19-20,22H2,1-2H3,(H,38,39);1H2. The van der Waals surface area contributed by atoms with E-state index in [1.165, 1.54) is 51.6 Å². The number of aromatic nitrogens is 4. The van der Waals surface area contributed by atoms with E-state index >= 15 is 0 Å². The minimum Gasteiger partial charge on any atom is -0.493 e. The van der Waals surface area contributed by atoms with Gasteiger partial charge < -0.3 is 44.9 Å². The average molecular weight is 1140 g/mol. The molecule has 0 amide bonds. The van der Waals surface area contributed by atoms with Gasteiger partial charge in [0.15, 0.2) is 0 Å². The van der Waals surface area contributed by atoms with Gasteiger partial charge in [-0.05, 0) is 144 Å². The monoisotopic (exact) mass is 1140 g/mol. The molecule has 0 unspecified atom stereocenters. The summed E-state index contributed by atoms with van der Waals surface area (Å²) in [5.74, 6) is 0.706. The van der Waals surface area contributed by atoms with E-state index in [-0.39, 0.29) is 24.5 Å². The van der Waals surface area contributed by atoms with Crippen molar-refractivity contribution < 1.29 is 43.9 Å². The van der Waals surface area contributed by atoms with E-state index in [2.05, 4.69) is 132 Å². The number of benzene rings is 4. The van der Waals surface area contributed by atoms with E-state index in [1.54, 1.807) is 6.20 Å². The molecule has 2 aliphatic rings. The van der Waals surface area contributed by atoms with E-state index < -0.39 is 5.97 Å². The first kappa shape index (κ1) is 62.3. The first-order valence-electron chi connectivity index (χ1n) is 28.9. The fourth-order valence-corrected chi connectivity index (χ4v) is 10.9. The van der Waals surface area contributed by atoms with E-state index in [9.17, 15) is 9.59 Å². The minimum atomic E-state index is -0.878. The predicted molar refractivity (Wildman–Crippen MR) is 329 cm³/mol. The van der Waals surface area contributed by atoms with Gasteiger partial charge in [0.1, 0.15) is 11.5 Å². The molecular formula is C67H80N8O9. The van der Waals surface area contributed by atoms with Crippen LogP contribution in [-0.2, 0) is 49.7 Å². The van der Waals surface area contributed by atoms with Crippen molar-refractivity contribution in [3.8, 4) is 33.8 Å². The molecule has 6 heterocycles. The summed E-state index contributed by atoms with van der Waals surface area (Å²) >= 11 is 0. The molecule has 2 saturated heterocycles. The van der Waals surface area contributed by atoms with Gasteiger partial charge in [-0.2, -0.15) is 0 Å². The number of nitrogens with one attached hydrogen (secondary N) is 2. The average Bonchev–Trinajstić information content (AvgIpc) is 3.60.